The van der Waals surface area contributed by atoms with Crippen LogP contribution in [0.25, 0.3) is 0 Å². The summed E-state index contributed by atoms with van der Waals surface area (Å²) in [5.41, 5.74) is -0.719. The number of aliphatic hydroxyl groups is 2. The van der Waals surface area contributed by atoms with E-state index in [1.165, 1.54) is 0 Å². The molecule has 0 radical (unpaired) electrons. The molecule has 2 heteroatoms. The van der Waals surface area contributed by atoms with E-state index in [2.05, 4.69) is 0 Å². The van der Waals surface area contributed by atoms with E-state index >= 15 is 0 Å². The molecule has 13 heavy (non-hydrogen) atoms. The molecule has 0 fully saturated rings. The first kappa shape index (κ1) is 12.9. The van der Waals surface area contributed by atoms with E-state index < -0.39 is 5.60 Å². The number of aliphatic hydroxyl groups excluding tert-OH is 1. The third kappa shape index (κ3) is 4.10. The zero-order chi connectivity index (χ0) is 10.5. The molecule has 0 aromatic heterocycles. The molecule has 0 heterocycles. The van der Waals surface area contributed by atoms with Gasteiger partial charge < -0.3 is 10.2 Å². The second-order valence-corrected chi connectivity index (χ2v) is 4.25. The Morgan fingerprint density at radius 3 is 2.15 bits per heavy atom. The zero-order valence-electron chi connectivity index (χ0n) is 9.38. The first-order valence-corrected chi connectivity index (χ1v) is 5.36. The van der Waals surface area contributed by atoms with Crippen molar-refractivity contribution in [2.24, 2.45) is 5.92 Å². The van der Waals surface area contributed by atoms with Crippen molar-refractivity contribution < 1.29 is 10.2 Å². The first-order valence-electron chi connectivity index (χ1n) is 5.36. The molecule has 2 nitrogen and oxygen atoms in total. The summed E-state index contributed by atoms with van der Waals surface area (Å²) in [6, 6.07) is 0. The average molecular weight is 188 g/mol. The van der Waals surface area contributed by atoms with Crippen LogP contribution in [0.2, 0.25) is 0 Å². The lowest BCUT2D eigenvalue weighted by Crippen LogP contribution is -2.39. The minimum atomic E-state index is -0.719. The molecule has 0 spiro atoms. The second-order valence-electron chi connectivity index (χ2n) is 4.25. The monoisotopic (exact) mass is 188 g/mol. The second kappa shape index (κ2) is 5.61. The first-order chi connectivity index (χ1) is 5.95. The average Bonchev–Trinajstić information content (AvgIpc) is 2.03. The fourth-order valence-electron chi connectivity index (χ4n) is 1.69. The van der Waals surface area contributed by atoms with E-state index in [0.717, 1.165) is 25.7 Å². The van der Waals surface area contributed by atoms with Gasteiger partial charge in [-0.3, -0.25) is 0 Å². The standard InChI is InChI=1S/C11H24O2/c1-5-7-10(12)9(3)11(4,13)8-6-2/h9-10,12-13H,5-8H2,1-4H3. The van der Waals surface area contributed by atoms with Crippen LogP contribution in [0, 0.1) is 5.92 Å². The normalized spacial score (nSPS) is 20.8. The van der Waals surface area contributed by atoms with Crippen molar-refractivity contribution in [2.45, 2.75) is 65.1 Å². The van der Waals surface area contributed by atoms with Crippen LogP contribution in [0.5, 0.6) is 0 Å². The summed E-state index contributed by atoms with van der Waals surface area (Å²) in [5.74, 6) is -0.0348. The molecular formula is C11H24O2. The molecule has 80 valence electrons. The van der Waals surface area contributed by atoms with Gasteiger partial charge >= 0.3 is 0 Å². The van der Waals surface area contributed by atoms with Crippen LogP contribution >= 0.6 is 0 Å². The van der Waals surface area contributed by atoms with Gasteiger partial charge in [-0.05, 0) is 19.8 Å². The quantitative estimate of drug-likeness (QED) is 0.671. The van der Waals surface area contributed by atoms with Gasteiger partial charge in [-0.1, -0.05) is 33.6 Å². The molecule has 3 unspecified atom stereocenters. The summed E-state index contributed by atoms with van der Waals surface area (Å²) in [6.07, 6.45) is 3.09. The molecule has 0 aromatic rings. The van der Waals surface area contributed by atoms with Gasteiger partial charge in [-0.15, -0.1) is 0 Å². The Balaban J connectivity index is 4.12. The van der Waals surface area contributed by atoms with Crippen LogP contribution in [0.1, 0.15) is 53.4 Å². The molecule has 0 amide bonds. The molecule has 0 saturated heterocycles. The topological polar surface area (TPSA) is 40.5 Å². The SMILES string of the molecule is CCCC(O)C(C)C(C)(O)CCC. The van der Waals surface area contributed by atoms with Crippen molar-refractivity contribution in [1.82, 2.24) is 0 Å². The molecule has 2 N–H and O–H groups in total. The minimum absolute atomic E-state index is 0.0348. The highest BCUT2D eigenvalue weighted by molar-refractivity contribution is 4.83. The maximum atomic E-state index is 10.0. The minimum Gasteiger partial charge on any atom is -0.393 e. The summed E-state index contributed by atoms with van der Waals surface area (Å²) < 4.78 is 0. The summed E-state index contributed by atoms with van der Waals surface area (Å²) in [4.78, 5) is 0. The van der Waals surface area contributed by atoms with E-state index in [4.69, 9.17) is 0 Å². The van der Waals surface area contributed by atoms with E-state index in [0.29, 0.717) is 0 Å². The Morgan fingerprint density at radius 1 is 1.23 bits per heavy atom. The lowest BCUT2D eigenvalue weighted by molar-refractivity contribution is -0.0587. The Labute approximate surface area is 82.0 Å². The molecule has 0 rings (SSSR count). The van der Waals surface area contributed by atoms with E-state index in [-0.39, 0.29) is 12.0 Å². The van der Waals surface area contributed by atoms with Crippen LogP contribution in [0.15, 0.2) is 0 Å². The molecule has 0 saturated carbocycles. The largest absolute Gasteiger partial charge is 0.393 e. The summed E-state index contributed by atoms with van der Waals surface area (Å²) in [6.45, 7) is 7.84. The van der Waals surface area contributed by atoms with Crippen molar-refractivity contribution >= 4 is 0 Å². The van der Waals surface area contributed by atoms with Gasteiger partial charge in [0.25, 0.3) is 0 Å². The van der Waals surface area contributed by atoms with Crippen LogP contribution < -0.4 is 0 Å². The van der Waals surface area contributed by atoms with Crippen molar-refractivity contribution in [3.63, 3.8) is 0 Å². The third-order valence-corrected chi connectivity index (χ3v) is 2.90. The molecule has 0 bridgehead atoms. The Morgan fingerprint density at radius 2 is 1.77 bits per heavy atom. The highest BCUT2D eigenvalue weighted by atomic mass is 16.3. The maximum Gasteiger partial charge on any atom is 0.0669 e. The fourth-order valence-corrected chi connectivity index (χ4v) is 1.69. The highest BCUT2D eigenvalue weighted by Gasteiger charge is 2.31. The highest BCUT2D eigenvalue weighted by Crippen LogP contribution is 2.26. The third-order valence-electron chi connectivity index (χ3n) is 2.90. The Bertz CT molecular complexity index is 132. The molecule has 0 aliphatic carbocycles. The Kier molecular flexibility index (Phi) is 5.57. The Hall–Kier alpha value is -0.0800. The van der Waals surface area contributed by atoms with Crippen molar-refractivity contribution in [1.29, 1.82) is 0 Å². The van der Waals surface area contributed by atoms with Gasteiger partial charge in [0, 0.05) is 5.92 Å². The summed E-state index contributed by atoms with van der Waals surface area (Å²) >= 11 is 0. The number of rotatable bonds is 6. The summed E-state index contributed by atoms with van der Waals surface area (Å²) in [5, 5.41) is 19.7. The molecular weight excluding hydrogens is 164 g/mol. The van der Waals surface area contributed by atoms with Gasteiger partial charge in [0.2, 0.25) is 0 Å². The fraction of sp³-hybridized carbons (Fsp3) is 1.00. The van der Waals surface area contributed by atoms with Crippen LogP contribution in [-0.2, 0) is 0 Å². The van der Waals surface area contributed by atoms with Crippen LogP contribution in [0.3, 0.4) is 0 Å². The van der Waals surface area contributed by atoms with E-state index in [1.54, 1.807) is 0 Å². The predicted molar refractivity (Wildman–Crippen MR) is 55.6 cm³/mol. The predicted octanol–water partition coefficient (Wildman–Crippen LogP) is 2.33. The molecule has 0 aliphatic rings. The molecule has 0 aliphatic heterocycles. The van der Waals surface area contributed by atoms with Gasteiger partial charge in [-0.25, -0.2) is 0 Å². The van der Waals surface area contributed by atoms with Crippen molar-refractivity contribution in [3.8, 4) is 0 Å². The van der Waals surface area contributed by atoms with Gasteiger partial charge in [0.1, 0.15) is 0 Å². The zero-order valence-corrected chi connectivity index (χ0v) is 9.38. The summed E-state index contributed by atoms with van der Waals surface area (Å²) in [7, 11) is 0. The maximum absolute atomic E-state index is 10.0. The van der Waals surface area contributed by atoms with Gasteiger partial charge in [0.15, 0.2) is 0 Å². The number of hydrogen-bond donors (Lipinski definition) is 2. The van der Waals surface area contributed by atoms with Crippen LogP contribution in [-0.4, -0.2) is 21.9 Å². The van der Waals surface area contributed by atoms with E-state index in [1.807, 2.05) is 27.7 Å². The van der Waals surface area contributed by atoms with Crippen LogP contribution in [0.4, 0.5) is 0 Å². The van der Waals surface area contributed by atoms with Gasteiger partial charge in [0.05, 0.1) is 11.7 Å². The molecule has 3 atom stereocenters. The lowest BCUT2D eigenvalue weighted by Gasteiger charge is -2.33. The smallest absolute Gasteiger partial charge is 0.0669 e. The van der Waals surface area contributed by atoms with Crippen molar-refractivity contribution in [3.05, 3.63) is 0 Å². The van der Waals surface area contributed by atoms with Crippen molar-refractivity contribution in [2.75, 3.05) is 0 Å². The lowest BCUT2D eigenvalue weighted by atomic mass is 9.82. The molecule has 0 aromatic carbocycles. The number of hydrogen-bond acceptors (Lipinski definition) is 2. The van der Waals surface area contributed by atoms with Gasteiger partial charge in [-0.2, -0.15) is 0 Å². The van der Waals surface area contributed by atoms with E-state index in [9.17, 15) is 10.2 Å².